The number of ketones is 2. The average Bonchev–Trinajstić information content (AvgIpc) is 3.84. The summed E-state index contributed by atoms with van der Waals surface area (Å²) in [5.74, 6) is -4.78. The first kappa shape index (κ1) is 38.3. The highest BCUT2D eigenvalue weighted by Crippen LogP contribution is 2.51. The Morgan fingerprint density at radius 2 is 1.66 bits per heavy atom. The van der Waals surface area contributed by atoms with Crippen LogP contribution < -0.4 is 21.3 Å². The van der Waals surface area contributed by atoms with Crippen molar-refractivity contribution in [1.29, 1.82) is 0 Å². The Kier molecular flexibility index (Phi) is 11.5. The molecule has 53 heavy (non-hydrogen) atoms. The van der Waals surface area contributed by atoms with Crippen LogP contribution in [0.5, 0.6) is 0 Å². The predicted octanol–water partition coefficient (Wildman–Crippen LogP) is 2.81. The van der Waals surface area contributed by atoms with Gasteiger partial charge in [0, 0.05) is 35.8 Å². The van der Waals surface area contributed by atoms with Gasteiger partial charge in [-0.1, -0.05) is 65.0 Å². The smallest absolute Gasteiger partial charge is 0.285 e. The zero-order valence-electron chi connectivity index (χ0n) is 31.0. The van der Waals surface area contributed by atoms with Crippen LogP contribution in [0.2, 0.25) is 0 Å². The number of piperidine rings is 1. The van der Waals surface area contributed by atoms with Crippen molar-refractivity contribution in [2.24, 2.45) is 40.9 Å². The fraction of sp³-hybridized carbons (Fsp3) is 0.615. The summed E-state index contributed by atoms with van der Waals surface area (Å²) in [6.07, 6.45) is 3.12. The third-order valence-corrected chi connectivity index (χ3v) is 11.0. The maximum absolute atomic E-state index is 14.1. The largest absolute Gasteiger partial charge is 0.433 e. The van der Waals surface area contributed by atoms with Gasteiger partial charge in [0.15, 0.2) is 12.1 Å². The molecule has 4 fully saturated rings. The number of hydrogen-bond acceptors (Lipinski definition) is 10. The zero-order chi connectivity index (χ0) is 38.0. The van der Waals surface area contributed by atoms with Crippen LogP contribution in [-0.4, -0.2) is 84.4 Å². The van der Waals surface area contributed by atoms with Gasteiger partial charge in [-0.05, 0) is 49.4 Å². The first-order valence-electron chi connectivity index (χ1n) is 18.7. The molecule has 3 saturated heterocycles. The van der Waals surface area contributed by atoms with E-state index < -0.39 is 58.7 Å². The molecule has 2 bridgehead atoms. The van der Waals surface area contributed by atoms with E-state index in [0.717, 1.165) is 6.42 Å². The van der Waals surface area contributed by atoms with Crippen molar-refractivity contribution in [3.8, 4) is 11.3 Å². The highest BCUT2D eigenvalue weighted by molar-refractivity contribution is 6.44. The number of rotatable bonds is 14. The highest BCUT2D eigenvalue weighted by atomic mass is 16.7. The minimum atomic E-state index is -1.40. The van der Waals surface area contributed by atoms with Crippen molar-refractivity contribution in [1.82, 2.24) is 26.3 Å². The lowest BCUT2D eigenvalue weighted by molar-refractivity contribution is -0.167. The maximum Gasteiger partial charge on any atom is 0.285 e. The molecular weight excluding hydrogens is 682 g/mol. The molecule has 4 aliphatic rings. The normalized spacial score (nSPS) is 26.6. The summed E-state index contributed by atoms with van der Waals surface area (Å²) in [4.78, 5) is 86.1. The molecule has 1 aliphatic carbocycles. The van der Waals surface area contributed by atoms with Crippen molar-refractivity contribution in [3.63, 3.8) is 0 Å². The van der Waals surface area contributed by atoms with Crippen LogP contribution in [0.25, 0.3) is 11.3 Å². The zero-order valence-corrected chi connectivity index (χ0v) is 31.0. The molecular formula is C39H51N5O9. The summed E-state index contributed by atoms with van der Waals surface area (Å²) in [6, 6.07) is 5.44. The van der Waals surface area contributed by atoms with E-state index in [2.05, 4.69) is 26.3 Å². The molecule has 14 heteroatoms. The molecule has 14 nitrogen and oxygen atoms in total. The third kappa shape index (κ3) is 8.54. The Bertz CT molecular complexity index is 1700. The standard InChI is InChI=1S/C39H51N5O9/c1-20(2)14-27(43-36(50)32(39(3,4)5)44-35(49)29-23-15-24-25(29)19-52-38(24)51-18-23)34(48)42-26(16-22-12-9-13-40-33(22)47)30(45)31(46)37-41-17-28(53-37)21-10-7-6-8-11-21/h6-8,10-11,17,20,22-27,29,32,38H,9,12-16,18-19H2,1-5H3,(H,40,47)(H,42,48)(H,43,50)(H,44,49)/t22?,23?,24?,25?,26?,27-,29?,32+,38+/m0/s1. The van der Waals surface area contributed by atoms with E-state index in [-0.39, 0.29) is 60.5 Å². The second-order valence-electron chi connectivity index (χ2n) is 16.4. The Labute approximate surface area is 309 Å². The Balaban J connectivity index is 1.19. The number of carbonyl (C=O) groups is 6. The van der Waals surface area contributed by atoms with Gasteiger partial charge in [0.25, 0.3) is 11.7 Å². The minimum Gasteiger partial charge on any atom is -0.433 e. The van der Waals surface area contributed by atoms with Crippen molar-refractivity contribution < 1.29 is 42.7 Å². The van der Waals surface area contributed by atoms with Crippen LogP contribution in [0.4, 0.5) is 0 Å². The average molecular weight is 734 g/mol. The van der Waals surface area contributed by atoms with Crippen LogP contribution >= 0.6 is 0 Å². The number of nitrogens with zero attached hydrogens (tertiary/aromatic N) is 1. The summed E-state index contributed by atoms with van der Waals surface area (Å²) in [5.41, 5.74) is -0.0702. The molecule has 4 heterocycles. The molecule has 6 unspecified atom stereocenters. The van der Waals surface area contributed by atoms with E-state index in [1.165, 1.54) is 6.20 Å². The molecule has 3 aliphatic heterocycles. The van der Waals surface area contributed by atoms with E-state index in [1.54, 1.807) is 24.3 Å². The fourth-order valence-electron chi connectivity index (χ4n) is 8.23. The third-order valence-electron chi connectivity index (χ3n) is 11.0. The second kappa shape index (κ2) is 15.9. The molecule has 6 rings (SSSR count). The van der Waals surface area contributed by atoms with Crippen molar-refractivity contribution >= 4 is 35.2 Å². The van der Waals surface area contributed by atoms with Crippen LogP contribution in [-0.2, 0) is 33.4 Å². The van der Waals surface area contributed by atoms with Crippen LogP contribution in [0, 0.1) is 40.9 Å². The quantitative estimate of drug-likeness (QED) is 0.166. The summed E-state index contributed by atoms with van der Waals surface area (Å²) in [5, 5.41) is 11.3. The van der Waals surface area contributed by atoms with Crippen molar-refractivity contribution in [2.45, 2.75) is 91.1 Å². The van der Waals surface area contributed by atoms with Gasteiger partial charge >= 0.3 is 0 Å². The number of oxazole rings is 1. The number of aromatic nitrogens is 1. The number of ether oxygens (including phenoxy) is 2. The monoisotopic (exact) mass is 733 g/mol. The van der Waals surface area contributed by atoms with Gasteiger partial charge in [-0.25, -0.2) is 4.98 Å². The molecule has 286 valence electrons. The molecule has 1 saturated carbocycles. The summed E-state index contributed by atoms with van der Waals surface area (Å²) >= 11 is 0. The van der Waals surface area contributed by atoms with Crippen LogP contribution in [0.3, 0.4) is 0 Å². The van der Waals surface area contributed by atoms with Gasteiger partial charge in [0.05, 0.1) is 25.5 Å². The van der Waals surface area contributed by atoms with E-state index in [0.29, 0.717) is 43.9 Å². The number of fused-ring (bicyclic) bond motifs is 1. The molecule has 4 N–H and O–H groups in total. The lowest BCUT2D eigenvalue weighted by atomic mass is 9.83. The molecule has 0 radical (unpaired) electrons. The number of nitrogens with one attached hydrogen (secondary N) is 4. The first-order chi connectivity index (χ1) is 25.2. The van der Waals surface area contributed by atoms with Gasteiger partial charge in [-0.2, -0.15) is 0 Å². The van der Waals surface area contributed by atoms with E-state index in [9.17, 15) is 28.8 Å². The van der Waals surface area contributed by atoms with E-state index in [1.807, 2.05) is 40.7 Å². The highest BCUT2D eigenvalue weighted by Gasteiger charge is 2.57. The predicted molar refractivity (Wildman–Crippen MR) is 191 cm³/mol. The number of hydrogen-bond donors (Lipinski definition) is 4. The van der Waals surface area contributed by atoms with Crippen molar-refractivity contribution in [2.75, 3.05) is 19.8 Å². The lowest BCUT2D eigenvalue weighted by Crippen LogP contribution is -2.60. The topological polar surface area (TPSA) is 195 Å². The maximum atomic E-state index is 14.1. The van der Waals surface area contributed by atoms with E-state index >= 15 is 0 Å². The molecule has 1 aromatic carbocycles. The molecule has 9 atom stereocenters. The summed E-state index contributed by atoms with van der Waals surface area (Å²) < 4.78 is 17.3. The van der Waals surface area contributed by atoms with Gasteiger partial charge in [-0.3, -0.25) is 28.8 Å². The summed E-state index contributed by atoms with van der Waals surface area (Å²) in [6.45, 7) is 10.6. The summed E-state index contributed by atoms with van der Waals surface area (Å²) in [7, 11) is 0. The van der Waals surface area contributed by atoms with Gasteiger partial charge in [0.2, 0.25) is 29.4 Å². The SMILES string of the molecule is CC(C)C[C@H](NC(=O)[C@@H](NC(=O)C1C2CO[C@@H]3OCC1C3C2)C(C)(C)C)C(=O)NC(CC1CCCNC1=O)C(=O)C(=O)c1ncc(-c2ccccc2)o1. The van der Waals surface area contributed by atoms with Crippen LogP contribution in [0.15, 0.2) is 40.9 Å². The second-order valence-corrected chi connectivity index (χ2v) is 16.4. The number of Topliss-reactive ketones (excluding diaryl/α,β-unsaturated/α-hetero) is 2. The molecule has 0 spiro atoms. The molecule has 1 aromatic heterocycles. The van der Waals surface area contributed by atoms with Gasteiger partial charge in [0.1, 0.15) is 12.1 Å². The minimum absolute atomic E-state index is 0.0142. The lowest BCUT2D eigenvalue weighted by Gasteiger charge is -2.34. The number of amides is 4. The molecule has 2 aromatic rings. The Morgan fingerprint density at radius 3 is 2.36 bits per heavy atom. The van der Waals surface area contributed by atoms with Crippen LogP contribution in [0.1, 0.15) is 77.4 Å². The van der Waals surface area contributed by atoms with Crippen molar-refractivity contribution in [3.05, 3.63) is 42.4 Å². The Hall–Kier alpha value is -4.43. The Morgan fingerprint density at radius 1 is 0.943 bits per heavy atom. The number of benzene rings is 1. The fourth-order valence-corrected chi connectivity index (χ4v) is 8.23. The van der Waals surface area contributed by atoms with Gasteiger partial charge in [-0.15, -0.1) is 0 Å². The molecule has 4 amide bonds. The van der Waals surface area contributed by atoms with E-state index in [4.69, 9.17) is 13.9 Å². The number of carbonyl (C=O) groups excluding carboxylic acids is 6. The first-order valence-corrected chi connectivity index (χ1v) is 18.7. The van der Waals surface area contributed by atoms with Gasteiger partial charge < -0.3 is 35.2 Å².